The summed E-state index contributed by atoms with van der Waals surface area (Å²) in [7, 11) is 0. The van der Waals surface area contributed by atoms with E-state index in [4.69, 9.17) is 4.99 Å². The van der Waals surface area contributed by atoms with Crippen LogP contribution in [0.5, 0.6) is 0 Å². The zero-order chi connectivity index (χ0) is 7.97. The minimum absolute atomic E-state index is 0.617. The molecule has 0 aromatic carbocycles. The molecular formula is C9H12N2S. The lowest BCUT2D eigenvalue weighted by molar-refractivity contribution is 0.297. The van der Waals surface area contributed by atoms with Crippen LogP contribution in [0.3, 0.4) is 0 Å². The fraction of sp³-hybridized carbons (Fsp3) is 0.667. The molecule has 2 nitrogen and oxygen atoms in total. The minimum Gasteiger partial charge on any atom is -0.322 e. The molecule has 0 amide bonds. The molecule has 0 N–H and O–H groups in total. The van der Waals surface area contributed by atoms with Crippen molar-refractivity contribution >= 4 is 16.9 Å². The van der Waals surface area contributed by atoms with E-state index in [1.165, 1.54) is 30.9 Å². The van der Waals surface area contributed by atoms with Gasteiger partial charge in [0.25, 0.3) is 0 Å². The predicted octanol–water partition coefficient (Wildman–Crippen LogP) is 2.19. The number of nitrogens with zero attached hydrogens (tertiary/aromatic N) is 2. The van der Waals surface area contributed by atoms with Crippen LogP contribution in [0.15, 0.2) is 16.6 Å². The molecule has 0 aromatic rings. The summed E-state index contributed by atoms with van der Waals surface area (Å²) in [4.78, 5) is 7.08. The van der Waals surface area contributed by atoms with Crippen molar-refractivity contribution in [3.63, 3.8) is 0 Å². The average Bonchev–Trinajstić information content (AvgIpc) is 2.62. The quantitative estimate of drug-likeness (QED) is 0.568. The lowest BCUT2D eigenvalue weighted by Crippen LogP contribution is -2.35. The molecule has 2 atom stereocenters. The van der Waals surface area contributed by atoms with Gasteiger partial charge in [-0.1, -0.05) is 24.6 Å². The summed E-state index contributed by atoms with van der Waals surface area (Å²) in [5.74, 6) is 0. The third-order valence-electron chi connectivity index (χ3n) is 2.94. The topological polar surface area (TPSA) is 15.6 Å². The molecular weight excluding hydrogens is 168 g/mol. The van der Waals surface area contributed by atoms with E-state index >= 15 is 0 Å². The molecule has 1 aliphatic carbocycles. The van der Waals surface area contributed by atoms with Gasteiger partial charge in [0.05, 0.1) is 12.1 Å². The first kappa shape index (κ1) is 7.01. The van der Waals surface area contributed by atoms with Gasteiger partial charge in [-0.2, -0.15) is 0 Å². The van der Waals surface area contributed by atoms with Crippen LogP contribution in [-0.4, -0.2) is 22.2 Å². The molecule has 3 aliphatic rings. The van der Waals surface area contributed by atoms with Gasteiger partial charge in [-0.25, -0.2) is 0 Å². The lowest BCUT2D eigenvalue weighted by Gasteiger charge is -2.28. The van der Waals surface area contributed by atoms with Crippen molar-refractivity contribution in [3.8, 4) is 0 Å². The van der Waals surface area contributed by atoms with Crippen molar-refractivity contribution in [2.75, 3.05) is 0 Å². The average molecular weight is 180 g/mol. The second-order valence-electron chi connectivity index (χ2n) is 3.64. The maximum Gasteiger partial charge on any atom is 0.168 e. The number of rotatable bonds is 0. The number of hydrogen-bond donors (Lipinski definition) is 0. The predicted molar refractivity (Wildman–Crippen MR) is 52.0 cm³/mol. The first-order valence-electron chi connectivity index (χ1n) is 4.64. The molecule has 2 heterocycles. The van der Waals surface area contributed by atoms with E-state index in [1.54, 1.807) is 11.8 Å². The molecule has 3 rings (SSSR count). The molecule has 1 fully saturated rings. The van der Waals surface area contributed by atoms with Gasteiger partial charge in [0.15, 0.2) is 5.17 Å². The van der Waals surface area contributed by atoms with E-state index < -0.39 is 0 Å². The van der Waals surface area contributed by atoms with Gasteiger partial charge in [-0.05, 0) is 18.2 Å². The van der Waals surface area contributed by atoms with Crippen LogP contribution in [0.4, 0.5) is 0 Å². The summed E-state index contributed by atoms with van der Waals surface area (Å²) in [6, 6.07) is 1.33. The van der Waals surface area contributed by atoms with Gasteiger partial charge in [0.2, 0.25) is 0 Å². The molecule has 0 radical (unpaired) electrons. The van der Waals surface area contributed by atoms with Crippen LogP contribution in [0.1, 0.15) is 25.7 Å². The van der Waals surface area contributed by atoms with Crippen LogP contribution in [0.25, 0.3) is 0 Å². The fourth-order valence-corrected chi connectivity index (χ4v) is 3.17. The Balaban J connectivity index is 1.90. The molecule has 0 bridgehead atoms. The van der Waals surface area contributed by atoms with E-state index in [0.717, 1.165) is 0 Å². The van der Waals surface area contributed by atoms with Gasteiger partial charge in [0.1, 0.15) is 0 Å². The van der Waals surface area contributed by atoms with E-state index in [-0.39, 0.29) is 0 Å². The Morgan fingerprint density at radius 2 is 2.33 bits per heavy atom. The normalized spacial score (nSPS) is 38.0. The van der Waals surface area contributed by atoms with E-state index in [1.807, 2.05) is 0 Å². The molecule has 0 saturated heterocycles. The Morgan fingerprint density at radius 3 is 3.33 bits per heavy atom. The largest absolute Gasteiger partial charge is 0.322 e. The molecule has 64 valence electrons. The molecule has 1 saturated carbocycles. The van der Waals surface area contributed by atoms with Crippen LogP contribution >= 0.6 is 11.8 Å². The summed E-state index contributed by atoms with van der Waals surface area (Å²) in [5.41, 5.74) is 0. The molecule has 0 spiro atoms. The van der Waals surface area contributed by atoms with Crippen LogP contribution in [0.2, 0.25) is 0 Å². The first-order valence-corrected chi connectivity index (χ1v) is 5.52. The van der Waals surface area contributed by atoms with E-state index in [2.05, 4.69) is 16.5 Å². The van der Waals surface area contributed by atoms with Gasteiger partial charge < -0.3 is 4.90 Å². The number of aliphatic imine (C=N–C) groups is 1. The van der Waals surface area contributed by atoms with Crippen molar-refractivity contribution in [2.45, 2.75) is 37.8 Å². The highest BCUT2D eigenvalue weighted by Crippen LogP contribution is 2.36. The summed E-state index contributed by atoms with van der Waals surface area (Å²) in [6.07, 6.45) is 7.60. The van der Waals surface area contributed by atoms with Crippen molar-refractivity contribution < 1.29 is 0 Å². The Morgan fingerprint density at radius 1 is 1.42 bits per heavy atom. The van der Waals surface area contributed by atoms with Crippen LogP contribution in [0, 0.1) is 0 Å². The monoisotopic (exact) mass is 180 g/mol. The first-order chi connectivity index (χ1) is 5.95. The van der Waals surface area contributed by atoms with Gasteiger partial charge in [-0.3, -0.25) is 4.99 Å². The van der Waals surface area contributed by atoms with E-state index in [0.29, 0.717) is 12.1 Å². The Kier molecular flexibility index (Phi) is 1.47. The standard InChI is InChI=1S/C9H12N2S/c1-2-4-8-7(3-1)10-9-11(8)5-6-12-9/h5-8H,1-4H2. The highest BCUT2D eigenvalue weighted by Gasteiger charge is 2.37. The third-order valence-corrected chi connectivity index (χ3v) is 3.73. The Hall–Kier alpha value is -0.440. The Labute approximate surface area is 76.7 Å². The SMILES string of the molecule is C1=CN2C(=NC3CCCCC32)S1. The molecule has 2 aliphatic heterocycles. The maximum atomic E-state index is 4.72. The molecule has 3 heteroatoms. The molecule has 12 heavy (non-hydrogen) atoms. The Bertz CT molecular complexity index is 259. The van der Waals surface area contributed by atoms with Crippen molar-refractivity contribution in [1.29, 1.82) is 0 Å². The zero-order valence-corrected chi connectivity index (χ0v) is 7.76. The number of fused-ring (bicyclic) bond motifs is 3. The highest BCUT2D eigenvalue weighted by molar-refractivity contribution is 8.16. The second-order valence-corrected chi connectivity index (χ2v) is 4.51. The fourth-order valence-electron chi connectivity index (χ4n) is 2.34. The maximum absolute atomic E-state index is 4.72. The van der Waals surface area contributed by atoms with Gasteiger partial charge >= 0.3 is 0 Å². The minimum atomic E-state index is 0.617. The zero-order valence-electron chi connectivity index (χ0n) is 6.94. The number of thioether (sulfide) groups is 1. The summed E-state index contributed by atoms with van der Waals surface area (Å²) in [5, 5.41) is 3.39. The lowest BCUT2D eigenvalue weighted by atomic mass is 9.91. The number of hydrogen-bond acceptors (Lipinski definition) is 3. The van der Waals surface area contributed by atoms with E-state index in [9.17, 15) is 0 Å². The van der Waals surface area contributed by atoms with Crippen molar-refractivity contribution in [1.82, 2.24) is 4.90 Å². The molecule has 2 unspecified atom stereocenters. The second kappa shape index (κ2) is 2.52. The van der Waals surface area contributed by atoms with Crippen molar-refractivity contribution in [2.24, 2.45) is 4.99 Å². The smallest absolute Gasteiger partial charge is 0.168 e. The van der Waals surface area contributed by atoms with Crippen LogP contribution < -0.4 is 0 Å². The summed E-state index contributed by atoms with van der Waals surface area (Å²) >= 11 is 1.77. The molecule has 0 aromatic heterocycles. The third kappa shape index (κ3) is 0.859. The highest BCUT2D eigenvalue weighted by atomic mass is 32.2. The van der Waals surface area contributed by atoms with Gasteiger partial charge in [0, 0.05) is 6.20 Å². The van der Waals surface area contributed by atoms with Crippen LogP contribution in [-0.2, 0) is 0 Å². The summed E-state index contributed by atoms with van der Waals surface area (Å²) < 4.78 is 0. The van der Waals surface area contributed by atoms with Gasteiger partial charge in [-0.15, -0.1) is 0 Å². The summed E-state index contributed by atoms with van der Waals surface area (Å²) in [6.45, 7) is 0. The van der Waals surface area contributed by atoms with Crippen molar-refractivity contribution in [3.05, 3.63) is 11.6 Å². The number of amidine groups is 1.